The maximum Gasteiger partial charge on any atom is 0.164 e. The van der Waals surface area contributed by atoms with Crippen molar-refractivity contribution in [2.75, 3.05) is 5.73 Å². The minimum atomic E-state index is 0.221. The van der Waals surface area contributed by atoms with Gasteiger partial charge in [-0.3, -0.25) is 0 Å². The van der Waals surface area contributed by atoms with Gasteiger partial charge in [-0.1, -0.05) is 17.8 Å². The number of nitrogens with zero attached hydrogens (tertiary/aromatic N) is 4. The number of hydrogen-bond acceptors (Lipinski definition) is 6. The van der Waals surface area contributed by atoms with Gasteiger partial charge >= 0.3 is 0 Å². The molecule has 2 aromatic heterocycles. The Morgan fingerprint density at radius 2 is 2.20 bits per heavy atom. The summed E-state index contributed by atoms with van der Waals surface area (Å²) in [6.45, 7) is 2.70. The zero-order valence-corrected chi connectivity index (χ0v) is 11.6. The van der Waals surface area contributed by atoms with Crippen molar-refractivity contribution in [1.29, 1.82) is 0 Å². The van der Waals surface area contributed by atoms with E-state index in [1.54, 1.807) is 22.9 Å². The van der Waals surface area contributed by atoms with Crippen LogP contribution in [0.1, 0.15) is 6.92 Å². The summed E-state index contributed by atoms with van der Waals surface area (Å²) >= 11 is 1.43. The van der Waals surface area contributed by atoms with Gasteiger partial charge < -0.3 is 10.8 Å². The highest BCUT2D eigenvalue weighted by molar-refractivity contribution is 7.99. The van der Waals surface area contributed by atoms with E-state index in [9.17, 15) is 5.11 Å². The van der Waals surface area contributed by atoms with E-state index in [0.717, 1.165) is 21.0 Å². The van der Waals surface area contributed by atoms with Gasteiger partial charge in [-0.25, -0.2) is 14.6 Å². The van der Waals surface area contributed by atoms with Gasteiger partial charge in [0.25, 0.3) is 0 Å². The van der Waals surface area contributed by atoms with E-state index in [0.29, 0.717) is 12.4 Å². The molecule has 0 amide bonds. The standard InChI is InChI=1S/C13H13N5OS/c1-2-18-12-10(11(14)15-7-16-12)13(17-18)20-9-5-3-4-8(19)6-9/h3-7,19H,2H2,1H3,(H2,14,15,16). The van der Waals surface area contributed by atoms with Crippen LogP contribution >= 0.6 is 11.8 Å². The van der Waals surface area contributed by atoms with Crippen molar-refractivity contribution in [3.05, 3.63) is 30.6 Å². The fourth-order valence-corrected chi connectivity index (χ4v) is 2.93. The predicted octanol–water partition coefficient (Wildman–Crippen LogP) is 2.29. The maximum atomic E-state index is 9.52. The Balaban J connectivity index is 2.12. The van der Waals surface area contributed by atoms with E-state index in [-0.39, 0.29) is 5.75 Å². The third-order valence-corrected chi connectivity index (χ3v) is 3.83. The Hall–Kier alpha value is -2.28. The number of aromatic nitrogens is 4. The van der Waals surface area contributed by atoms with Crippen molar-refractivity contribution in [3.8, 4) is 5.75 Å². The Kier molecular flexibility index (Phi) is 3.19. The average molecular weight is 287 g/mol. The minimum absolute atomic E-state index is 0.221. The second-order valence-corrected chi connectivity index (χ2v) is 5.24. The number of nitrogen functional groups attached to an aromatic ring is 1. The van der Waals surface area contributed by atoms with Crippen molar-refractivity contribution in [2.24, 2.45) is 0 Å². The van der Waals surface area contributed by atoms with Crippen LogP contribution in [0.2, 0.25) is 0 Å². The van der Waals surface area contributed by atoms with Crippen LogP contribution in [0.5, 0.6) is 5.75 Å². The van der Waals surface area contributed by atoms with Crippen LogP contribution < -0.4 is 5.73 Å². The lowest BCUT2D eigenvalue weighted by Gasteiger charge is -2.00. The van der Waals surface area contributed by atoms with Crippen LogP contribution in [0.25, 0.3) is 11.0 Å². The van der Waals surface area contributed by atoms with E-state index < -0.39 is 0 Å². The molecular weight excluding hydrogens is 274 g/mol. The summed E-state index contributed by atoms with van der Waals surface area (Å²) in [6.07, 6.45) is 1.44. The number of anilines is 1. The molecule has 0 radical (unpaired) electrons. The second kappa shape index (κ2) is 5.01. The molecular formula is C13H13N5OS. The number of hydrogen-bond donors (Lipinski definition) is 2. The summed E-state index contributed by atoms with van der Waals surface area (Å²) < 4.78 is 1.79. The lowest BCUT2D eigenvalue weighted by Crippen LogP contribution is -1.98. The van der Waals surface area contributed by atoms with Gasteiger partial charge in [0.1, 0.15) is 22.9 Å². The molecule has 0 aliphatic rings. The molecule has 0 bridgehead atoms. The van der Waals surface area contributed by atoms with Crippen LogP contribution in [-0.2, 0) is 6.54 Å². The highest BCUT2D eigenvalue weighted by Crippen LogP contribution is 2.35. The third kappa shape index (κ3) is 2.16. The van der Waals surface area contributed by atoms with Crippen LogP contribution in [0, 0.1) is 0 Å². The highest BCUT2D eigenvalue weighted by atomic mass is 32.2. The molecule has 0 spiro atoms. The van der Waals surface area contributed by atoms with Crippen LogP contribution in [0.3, 0.4) is 0 Å². The Morgan fingerprint density at radius 3 is 2.95 bits per heavy atom. The fraction of sp³-hybridized carbons (Fsp3) is 0.154. The molecule has 0 fully saturated rings. The molecule has 102 valence electrons. The van der Waals surface area contributed by atoms with Crippen molar-refractivity contribution in [3.63, 3.8) is 0 Å². The van der Waals surface area contributed by atoms with Gasteiger partial charge in [0.05, 0.1) is 5.39 Å². The van der Waals surface area contributed by atoms with E-state index in [4.69, 9.17) is 5.73 Å². The summed E-state index contributed by atoms with van der Waals surface area (Å²) in [5.74, 6) is 0.635. The number of aromatic hydroxyl groups is 1. The highest BCUT2D eigenvalue weighted by Gasteiger charge is 2.15. The first-order chi connectivity index (χ1) is 9.69. The molecule has 3 N–H and O–H groups in total. The lowest BCUT2D eigenvalue weighted by atomic mass is 10.3. The molecule has 3 aromatic rings. The molecule has 0 aliphatic carbocycles. The number of rotatable bonds is 3. The van der Waals surface area contributed by atoms with Gasteiger partial charge in [0.15, 0.2) is 5.65 Å². The van der Waals surface area contributed by atoms with E-state index in [2.05, 4.69) is 15.1 Å². The van der Waals surface area contributed by atoms with Crippen LogP contribution in [-0.4, -0.2) is 24.9 Å². The Bertz CT molecular complexity index is 771. The summed E-state index contributed by atoms with van der Waals surface area (Å²) in [5.41, 5.74) is 6.67. The molecule has 3 rings (SSSR count). The minimum Gasteiger partial charge on any atom is -0.508 e. The molecule has 1 aromatic carbocycles. The summed E-state index contributed by atoms with van der Waals surface area (Å²) in [6, 6.07) is 7.00. The molecule has 0 saturated carbocycles. The first-order valence-electron chi connectivity index (χ1n) is 6.13. The van der Waals surface area contributed by atoms with Crippen LogP contribution in [0.4, 0.5) is 5.82 Å². The second-order valence-electron chi connectivity index (χ2n) is 4.18. The van der Waals surface area contributed by atoms with Gasteiger partial charge in [0, 0.05) is 11.4 Å². The number of phenolic OH excluding ortho intramolecular Hbond substituents is 1. The molecule has 0 atom stereocenters. The molecule has 20 heavy (non-hydrogen) atoms. The monoisotopic (exact) mass is 287 g/mol. The summed E-state index contributed by atoms with van der Waals surface area (Å²) in [7, 11) is 0. The molecule has 0 aliphatic heterocycles. The SMILES string of the molecule is CCn1nc(Sc2cccc(O)c2)c2c(N)ncnc21. The van der Waals surface area contributed by atoms with E-state index >= 15 is 0 Å². The van der Waals surface area contributed by atoms with Gasteiger partial charge in [-0.05, 0) is 25.1 Å². The van der Waals surface area contributed by atoms with Crippen molar-refractivity contribution >= 4 is 28.6 Å². The average Bonchev–Trinajstić information content (AvgIpc) is 2.78. The van der Waals surface area contributed by atoms with Crippen molar-refractivity contribution in [2.45, 2.75) is 23.4 Å². The first kappa shape index (κ1) is 12.7. The van der Waals surface area contributed by atoms with Gasteiger partial charge in [-0.15, -0.1) is 0 Å². The van der Waals surface area contributed by atoms with Crippen LogP contribution in [0.15, 0.2) is 40.5 Å². The number of aryl methyl sites for hydroxylation is 1. The molecule has 7 heteroatoms. The van der Waals surface area contributed by atoms with E-state index in [1.165, 1.54) is 18.1 Å². The third-order valence-electron chi connectivity index (χ3n) is 2.86. The quantitative estimate of drug-likeness (QED) is 0.768. The fourth-order valence-electron chi connectivity index (χ4n) is 1.95. The summed E-state index contributed by atoms with van der Waals surface area (Å²) in [4.78, 5) is 9.15. The summed E-state index contributed by atoms with van der Waals surface area (Å²) in [5, 5.41) is 15.5. The van der Waals surface area contributed by atoms with Crippen molar-refractivity contribution < 1.29 is 5.11 Å². The predicted molar refractivity (Wildman–Crippen MR) is 77.6 cm³/mol. The number of benzene rings is 1. The van der Waals surface area contributed by atoms with Gasteiger partial charge in [0.2, 0.25) is 0 Å². The lowest BCUT2D eigenvalue weighted by molar-refractivity contribution is 0.474. The first-order valence-corrected chi connectivity index (χ1v) is 6.94. The maximum absolute atomic E-state index is 9.52. The molecule has 2 heterocycles. The molecule has 6 nitrogen and oxygen atoms in total. The Labute approximate surface area is 119 Å². The topological polar surface area (TPSA) is 89.8 Å². The smallest absolute Gasteiger partial charge is 0.164 e. The van der Waals surface area contributed by atoms with Gasteiger partial charge in [-0.2, -0.15) is 5.10 Å². The number of nitrogens with two attached hydrogens (primary N) is 1. The zero-order valence-electron chi connectivity index (χ0n) is 10.8. The largest absolute Gasteiger partial charge is 0.508 e. The normalized spacial score (nSPS) is 11.1. The van der Waals surface area contributed by atoms with E-state index in [1.807, 2.05) is 13.0 Å². The van der Waals surface area contributed by atoms with Crippen molar-refractivity contribution in [1.82, 2.24) is 19.7 Å². The number of phenols is 1. The zero-order chi connectivity index (χ0) is 14.1. The molecule has 0 unspecified atom stereocenters. The Morgan fingerprint density at radius 1 is 1.35 bits per heavy atom. The molecule has 0 saturated heterocycles. The number of fused-ring (bicyclic) bond motifs is 1.